The van der Waals surface area contributed by atoms with Crippen LogP contribution in [0.25, 0.3) is 21.9 Å². The van der Waals surface area contributed by atoms with Gasteiger partial charge in [0.05, 0.1) is 28.0 Å². The van der Waals surface area contributed by atoms with Crippen molar-refractivity contribution in [3.05, 3.63) is 22.0 Å². The number of aliphatic hydroxyl groups excluding tert-OH is 1. The summed E-state index contributed by atoms with van der Waals surface area (Å²) in [5, 5.41) is 13.6. The molecule has 0 spiro atoms. The van der Waals surface area contributed by atoms with Gasteiger partial charge in [0.1, 0.15) is 12.2 Å². The molecule has 0 aliphatic carbocycles. The maximum absolute atomic E-state index is 12.5. The molecular formula is C19H24N6O5. The number of anilines is 2. The van der Waals surface area contributed by atoms with E-state index in [9.17, 15) is 9.90 Å². The third-order valence-corrected chi connectivity index (χ3v) is 5.61. The number of aryl methyl sites for hydroxylation is 1. The second-order valence-electron chi connectivity index (χ2n) is 8.10. The number of ether oxygens (including phenoxy) is 3. The summed E-state index contributed by atoms with van der Waals surface area (Å²) in [6.07, 6.45) is -1.33. The predicted molar refractivity (Wildman–Crippen MR) is 109 cm³/mol. The van der Waals surface area contributed by atoms with E-state index in [0.717, 1.165) is 5.56 Å². The van der Waals surface area contributed by atoms with Crippen LogP contribution in [-0.4, -0.2) is 62.5 Å². The summed E-state index contributed by atoms with van der Waals surface area (Å²) < 4.78 is 17.4. The predicted octanol–water partition coefficient (Wildman–Crippen LogP) is 0.593. The molecule has 3 aromatic rings. The number of nitrogens with one attached hydrogen (secondary N) is 3. The second kappa shape index (κ2) is 6.64. The van der Waals surface area contributed by atoms with Gasteiger partial charge in [-0.25, -0.2) is 9.97 Å². The van der Waals surface area contributed by atoms with Gasteiger partial charge >= 0.3 is 0 Å². The zero-order chi connectivity index (χ0) is 21.2. The van der Waals surface area contributed by atoms with Gasteiger partial charge in [0, 0.05) is 12.6 Å². The lowest BCUT2D eigenvalue weighted by molar-refractivity contribution is -0.220. The number of aromatic amines is 2. The number of imidazole rings is 1. The van der Waals surface area contributed by atoms with Crippen molar-refractivity contribution in [2.45, 2.75) is 57.1 Å². The fraction of sp³-hybridized carbons (Fsp3) is 0.526. The van der Waals surface area contributed by atoms with Crippen LogP contribution in [0, 0.1) is 0 Å². The number of H-pyrrole nitrogens is 2. The Labute approximate surface area is 170 Å². The number of benzene rings is 1. The molecule has 2 aromatic heterocycles. The Morgan fingerprint density at radius 2 is 2.00 bits per heavy atom. The average Bonchev–Trinajstić information content (AvgIpc) is 3.31. The second-order valence-corrected chi connectivity index (χ2v) is 8.10. The highest BCUT2D eigenvalue weighted by atomic mass is 16.8. The van der Waals surface area contributed by atoms with Crippen molar-refractivity contribution >= 4 is 33.8 Å². The van der Waals surface area contributed by atoms with Crippen molar-refractivity contribution in [3.8, 4) is 0 Å². The fourth-order valence-electron chi connectivity index (χ4n) is 4.37. The molecular weight excluding hydrogens is 392 g/mol. The minimum absolute atomic E-state index is 0.0411. The molecule has 6 N–H and O–H groups in total. The molecule has 2 aliphatic heterocycles. The monoisotopic (exact) mass is 416 g/mol. The average molecular weight is 416 g/mol. The van der Waals surface area contributed by atoms with Crippen LogP contribution in [0.1, 0.15) is 25.8 Å². The summed E-state index contributed by atoms with van der Waals surface area (Å²) in [5.41, 5.74) is 8.17. The van der Waals surface area contributed by atoms with Crippen molar-refractivity contribution in [2.75, 3.05) is 18.1 Å². The largest absolute Gasteiger partial charge is 0.369 e. The van der Waals surface area contributed by atoms with Gasteiger partial charge in [-0.2, -0.15) is 0 Å². The number of aliphatic hydroxyl groups is 1. The van der Waals surface area contributed by atoms with E-state index in [4.69, 9.17) is 19.9 Å². The van der Waals surface area contributed by atoms with E-state index in [1.54, 1.807) is 13.1 Å². The topological polar surface area (TPSA) is 160 Å². The molecule has 2 fully saturated rings. The van der Waals surface area contributed by atoms with E-state index in [1.165, 1.54) is 0 Å². The van der Waals surface area contributed by atoms with E-state index in [1.807, 2.05) is 13.8 Å². The maximum atomic E-state index is 12.5. The van der Waals surface area contributed by atoms with Gasteiger partial charge in [-0.05, 0) is 32.8 Å². The summed E-state index contributed by atoms with van der Waals surface area (Å²) >= 11 is 0. The first kappa shape index (κ1) is 19.2. The van der Waals surface area contributed by atoms with E-state index < -0.39 is 18.2 Å². The Hall–Kier alpha value is -2.73. The van der Waals surface area contributed by atoms with Crippen LogP contribution in [0.3, 0.4) is 0 Å². The van der Waals surface area contributed by atoms with Gasteiger partial charge in [-0.1, -0.05) is 0 Å². The Balaban J connectivity index is 1.54. The van der Waals surface area contributed by atoms with Crippen LogP contribution in [0.2, 0.25) is 0 Å². The summed E-state index contributed by atoms with van der Waals surface area (Å²) in [5.74, 6) is -0.162. The summed E-state index contributed by atoms with van der Waals surface area (Å²) in [6, 6.07) is 1.72. The standard InChI is InChI=1S/C19H24N6O5/c1-19(2)29-13-10(28-16(27)14(13)30-19)5-4-7-11-8(15(26)25-17(20)23-11)6-9-12(7)24-18(21-3)22-9/h6,10,13-14,16,27H,4-5H2,1-3H3,(H2,21,22,24)(H3,20,23,25,26)/t10-,13-,14-,16-/m1/s1. The lowest BCUT2D eigenvalue weighted by Crippen LogP contribution is -2.30. The normalized spacial score (nSPS) is 27.7. The van der Waals surface area contributed by atoms with Crippen LogP contribution < -0.4 is 16.6 Å². The molecule has 1 aromatic carbocycles. The van der Waals surface area contributed by atoms with E-state index in [-0.39, 0.29) is 23.7 Å². The summed E-state index contributed by atoms with van der Waals surface area (Å²) in [4.78, 5) is 27.1. The number of nitrogens with two attached hydrogens (primary N) is 1. The van der Waals surface area contributed by atoms with Crippen LogP contribution in [0.4, 0.5) is 11.9 Å². The van der Waals surface area contributed by atoms with E-state index in [0.29, 0.717) is 40.7 Å². The Bertz CT molecular complexity index is 1190. The Kier molecular flexibility index (Phi) is 4.26. The number of fused-ring (bicyclic) bond motifs is 3. The van der Waals surface area contributed by atoms with Crippen LogP contribution >= 0.6 is 0 Å². The maximum Gasteiger partial charge on any atom is 0.260 e. The smallest absolute Gasteiger partial charge is 0.260 e. The summed E-state index contributed by atoms with van der Waals surface area (Å²) in [6.45, 7) is 3.62. The highest BCUT2D eigenvalue weighted by molar-refractivity contribution is 5.98. The number of hydrogen-bond acceptors (Lipinski definition) is 9. The molecule has 4 heterocycles. The van der Waals surface area contributed by atoms with Crippen molar-refractivity contribution in [1.29, 1.82) is 0 Å². The molecule has 2 saturated heterocycles. The van der Waals surface area contributed by atoms with E-state index in [2.05, 4.69) is 25.3 Å². The molecule has 4 atom stereocenters. The van der Waals surface area contributed by atoms with Gasteiger partial charge in [-0.15, -0.1) is 0 Å². The SMILES string of the molecule is CNc1nc2c(CC[C@H]3O[C@@H](O)[C@@H]4OC(C)(C)O[C@@H]43)c3nc(N)[nH]c(=O)c3cc2[nH]1. The Morgan fingerprint density at radius 3 is 2.77 bits per heavy atom. The Morgan fingerprint density at radius 1 is 1.23 bits per heavy atom. The van der Waals surface area contributed by atoms with Crippen LogP contribution in [0.15, 0.2) is 10.9 Å². The lowest BCUT2D eigenvalue weighted by Gasteiger charge is -2.22. The molecule has 0 amide bonds. The van der Waals surface area contributed by atoms with Gasteiger partial charge < -0.3 is 35.4 Å². The number of aromatic nitrogens is 4. The molecule has 160 valence electrons. The minimum atomic E-state index is -1.05. The van der Waals surface area contributed by atoms with Crippen molar-refractivity contribution in [3.63, 3.8) is 0 Å². The molecule has 11 nitrogen and oxygen atoms in total. The molecule has 0 radical (unpaired) electrons. The van der Waals surface area contributed by atoms with Gasteiger partial charge in [0.25, 0.3) is 5.56 Å². The molecule has 30 heavy (non-hydrogen) atoms. The third-order valence-electron chi connectivity index (χ3n) is 5.61. The van der Waals surface area contributed by atoms with E-state index >= 15 is 0 Å². The van der Waals surface area contributed by atoms with Crippen molar-refractivity contribution in [2.24, 2.45) is 0 Å². The first-order valence-corrected chi connectivity index (χ1v) is 9.84. The third kappa shape index (κ3) is 3.01. The molecule has 11 heteroatoms. The molecule has 5 rings (SSSR count). The lowest BCUT2D eigenvalue weighted by atomic mass is 9.99. The zero-order valence-corrected chi connectivity index (χ0v) is 16.9. The van der Waals surface area contributed by atoms with Crippen LogP contribution in [0.5, 0.6) is 0 Å². The van der Waals surface area contributed by atoms with Crippen LogP contribution in [-0.2, 0) is 20.6 Å². The highest BCUT2D eigenvalue weighted by Gasteiger charge is 2.54. The molecule has 0 unspecified atom stereocenters. The van der Waals surface area contributed by atoms with Gasteiger partial charge in [0.2, 0.25) is 11.9 Å². The first-order chi connectivity index (χ1) is 14.3. The number of hydrogen-bond donors (Lipinski definition) is 5. The minimum Gasteiger partial charge on any atom is -0.369 e. The number of nitrogens with zero attached hydrogens (tertiary/aromatic N) is 2. The highest BCUT2D eigenvalue weighted by Crippen LogP contribution is 2.39. The number of rotatable bonds is 4. The first-order valence-electron chi connectivity index (χ1n) is 9.84. The fourth-order valence-corrected chi connectivity index (χ4v) is 4.37. The van der Waals surface area contributed by atoms with Gasteiger partial charge in [0.15, 0.2) is 12.1 Å². The molecule has 0 bridgehead atoms. The van der Waals surface area contributed by atoms with Gasteiger partial charge in [-0.3, -0.25) is 9.78 Å². The molecule has 0 saturated carbocycles. The van der Waals surface area contributed by atoms with Crippen molar-refractivity contribution < 1.29 is 19.3 Å². The quantitative estimate of drug-likeness (QED) is 0.410. The summed E-state index contributed by atoms with van der Waals surface area (Å²) in [7, 11) is 1.76. The molecule has 2 aliphatic rings. The zero-order valence-electron chi connectivity index (χ0n) is 16.9. The number of nitrogen functional groups attached to an aromatic ring is 1. The van der Waals surface area contributed by atoms with Crippen molar-refractivity contribution in [1.82, 2.24) is 19.9 Å².